The fourth-order valence-corrected chi connectivity index (χ4v) is 4.89. The molecule has 25 heavy (non-hydrogen) atoms. The van der Waals surface area contributed by atoms with Gasteiger partial charge in [0.25, 0.3) is 0 Å². The van der Waals surface area contributed by atoms with Crippen LogP contribution in [0.15, 0.2) is 15.3 Å². The van der Waals surface area contributed by atoms with E-state index in [1.54, 1.807) is 6.92 Å². The number of ether oxygens (including phenoxy) is 1. The summed E-state index contributed by atoms with van der Waals surface area (Å²) in [5, 5.41) is 13.2. The van der Waals surface area contributed by atoms with Crippen LogP contribution < -0.4 is 10.7 Å². The van der Waals surface area contributed by atoms with Crippen molar-refractivity contribution in [2.45, 2.75) is 50.5 Å². The van der Waals surface area contributed by atoms with E-state index >= 15 is 0 Å². The van der Waals surface area contributed by atoms with Crippen LogP contribution in [0.4, 0.5) is 0 Å². The molecule has 6 nitrogen and oxygen atoms in total. The molecule has 1 amide bonds. The number of rotatable bonds is 5. The summed E-state index contributed by atoms with van der Waals surface area (Å²) in [6.07, 6.45) is 3.70. The van der Waals surface area contributed by atoms with Gasteiger partial charge in [0.05, 0.1) is 6.10 Å². The summed E-state index contributed by atoms with van der Waals surface area (Å²) >= 11 is 1.81. The summed E-state index contributed by atoms with van der Waals surface area (Å²) in [4.78, 5) is 24.6. The zero-order chi connectivity index (χ0) is 17.9. The second kappa shape index (κ2) is 7.83. The topological polar surface area (TPSA) is 88.8 Å². The van der Waals surface area contributed by atoms with Gasteiger partial charge in [0.2, 0.25) is 17.1 Å². The molecule has 0 spiro atoms. The van der Waals surface area contributed by atoms with Gasteiger partial charge in [-0.05, 0) is 44.1 Å². The maximum absolute atomic E-state index is 12.6. The number of carbonyl (C=O) groups is 1. The number of aryl methyl sites for hydroxylation is 1. The summed E-state index contributed by atoms with van der Waals surface area (Å²) in [5.74, 6) is 2.02. The molecular weight excluding hydrogens is 342 g/mol. The highest BCUT2D eigenvalue weighted by atomic mass is 32.2. The number of hydrogen-bond donors (Lipinski definition) is 2. The van der Waals surface area contributed by atoms with Gasteiger partial charge in [-0.2, -0.15) is 11.8 Å². The Morgan fingerprint density at radius 1 is 1.44 bits per heavy atom. The normalized spacial score (nSPS) is 22.7. The molecule has 138 valence electrons. The first kappa shape index (κ1) is 18.3. The Morgan fingerprint density at radius 2 is 2.20 bits per heavy atom. The Bertz CT molecular complexity index is 675. The van der Waals surface area contributed by atoms with Gasteiger partial charge in [-0.25, -0.2) is 0 Å². The minimum Gasteiger partial charge on any atom is -0.502 e. The molecule has 0 saturated carbocycles. The predicted molar refractivity (Wildman–Crippen MR) is 96.2 cm³/mol. The third kappa shape index (κ3) is 4.20. The summed E-state index contributed by atoms with van der Waals surface area (Å²) in [5.41, 5.74) is -1.07. The first-order valence-electron chi connectivity index (χ1n) is 8.80. The summed E-state index contributed by atoms with van der Waals surface area (Å²) in [7, 11) is 0. The zero-order valence-electron chi connectivity index (χ0n) is 14.5. The minimum atomic E-state index is -0.624. The van der Waals surface area contributed by atoms with Gasteiger partial charge in [0.15, 0.2) is 5.76 Å². The molecule has 2 N–H and O–H groups in total. The van der Waals surface area contributed by atoms with Crippen LogP contribution in [0.25, 0.3) is 0 Å². The number of amides is 1. The predicted octanol–water partition coefficient (Wildman–Crippen LogP) is 2.10. The van der Waals surface area contributed by atoms with Crippen LogP contribution in [0.5, 0.6) is 5.75 Å². The molecule has 0 bridgehead atoms. The number of nitrogens with one attached hydrogen (secondary N) is 1. The first-order valence-corrected chi connectivity index (χ1v) is 9.96. The lowest BCUT2D eigenvalue weighted by atomic mass is 9.75. The number of aromatic hydroxyl groups is 1. The highest BCUT2D eigenvalue weighted by molar-refractivity contribution is 7.99. The summed E-state index contributed by atoms with van der Waals surface area (Å²) in [6.45, 7) is 2.95. The van der Waals surface area contributed by atoms with E-state index < -0.39 is 10.8 Å². The van der Waals surface area contributed by atoms with Gasteiger partial charge >= 0.3 is 0 Å². The lowest BCUT2D eigenvalue weighted by Gasteiger charge is -2.35. The third-order valence-corrected chi connectivity index (χ3v) is 6.01. The zero-order valence-corrected chi connectivity index (χ0v) is 15.3. The molecule has 0 radical (unpaired) electrons. The maximum Gasteiger partial charge on any atom is 0.227 e. The third-order valence-electron chi connectivity index (χ3n) is 5.03. The maximum atomic E-state index is 12.6. The van der Waals surface area contributed by atoms with E-state index in [0.717, 1.165) is 31.0 Å². The molecular formula is C18H25NO5S. The fraction of sp³-hybridized carbons (Fsp3) is 0.667. The number of hydrogen-bond acceptors (Lipinski definition) is 6. The highest BCUT2D eigenvalue weighted by Gasteiger charge is 2.41. The SMILES string of the molecule is Cc1cc(=O)c(O)c(C2(CC(=O)NCC3CCCO3)CCSCC2)o1. The lowest BCUT2D eigenvalue weighted by Crippen LogP contribution is -2.40. The smallest absolute Gasteiger partial charge is 0.227 e. The lowest BCUT2D eigenvalue weighted by molar-refractivity contribution is -0.123. The van der Waals surface area contributed by atoms with Crippen molar-refractivity contribution in [3.8, 4) is 5.75 Å². The average molecular weight is 367 g/mol. The van der Waals surface area contributed by atoms with Crippen LogP contribution >= 0.6 is 11.8 Å². The van der Waals surface area contributed by atoms with Crippen molar-refractivity contribution in [2.24, 2.45) is 0 Å². The van der Waals surface area contributed by atoms with Crippen molar-refractivity contribution >= 4 is 17.7 Å². The molecule has 3 rings (SSSR count). The van der Waals surface area contributed by atoms with Crippen LogP contribution in [0.3, 0.4) is 0 Å². The van der Waals surface area contributed by atoms with Crippen LogP contribution in [-0.2, 0) is 14.9 Å². The molecule has 1 aromatic heterocycles. The standard InChI is InChI=1S/C18H25NO5S/c1-12-9-14(20)16(22)17(24-12)18(4-7-25-8-5-18)10-15(21)19-11-13-3-2-6-23-13/h9,13,22H,2-8,10-11H2,1H3,(H,19,21). The molecule has 2 saturated heterocycles. The minimum absolute atomic E-state index is 0.0899. The van der Waals surface area contributed by atoms with Crippen molar-refractivity contribution in [3.05, 3.63) is 27.8 Å². The second-order valence-electron chi connectivity index (χ2n) is 6.91. The molecule has 7 heteroatoms. The Balaban J connectivity index is 1.79. The molecule has 1 aromatic rings. The van der Waals surface area contributed by atoms with Crippen molar-refractivity contribution in [2.75, 3.05) is 24.7 Å². The van der Waals surface area contributed by atoms with Gasteiger partial charge in [-0.15, -0.1) is 0 Å². The van der Waals surface area contributed by atoms with Crippen molar-refractivity contribution in [1.29, 1.82) is 0 Å². The molecule has 0 aromatic carbocycles. The van der Waals surface area contributed by atoms with Gasteiger partial charge in [0.1, 0.15) is 5.76 Å². The van der Waals surface area contributed by atoms with Crippen molar-refractivity contribution in [1.82, 2.24) is 5.32 Å². The van der Waals surface area contributed by atoms with Crippen LogP contribution in [-0.4, -0.2) is 41.8 Å². The number of carbonyl (C=O) groups excluding carboxylic acids is 1. The second-order valence-corrected chi connectivity index (χ2v) is 8.13. The van der Waals surface area contributed by atoms with E-state index in [9.17, 15) is 14.7 Å². The van der Waals surface area contributed by atoms with Crippen LogP contribution in [0, 0.1) is 6.92 Å². The van der Waals surface area contributed by atoms with E-state index in [2.05, 4.69) is 5.32 Å². The Labute approximate surface area is 151 Å². The van der Waals surface area contributed by atoms with Crippen molar-refractivity contribution < 1.29 is 19.1 Å². The molecule has 0 aliphatic carbocycles. The summed E-state index contributed by atoms with van der Waals surface area (Å²) in [6, 6.07) is 1.28. The molecule has 3 heterocycles. The molecule has 2 aliphatic rings. The Hall–Kier alpha value is -1.47. The van der Waals surface area contributed by atoms with E-state index in [0.29, 0.717) is 25.1 Å². The first-order chi connectivity index (χ1) is 12.0. The van der Waals surface area contributed by atoms with E-state index in [1.807, 2.05) is 11.8 Å². The van der Waals surface area contributed by atoms with Gasteiger partial charge in [-0.1, -0.05) is 0 Å². The molecule has 2 aliphatic heterocycles. The number of thioether (sulfide) groups is 1. The van der Waals surface area contributed by atoms with Gasteiger partial charge in [0, 0.05) is 31.1 Å². The van der Waals surface area contributed by atoms with Gasteiger partial charge in [-0.3, -0.25) is 9.59 Å². The quantitative estimate of drug-likeness (QED) is 0.829. The van der Waals surface area contributed by atoms with E-state index in [-0.39, 0.29) is 29.9 Å². The van der Waals surface area contributed by atoms with Crippen LogP contribution in [0.1, 0.15) is 43.6 Å². The van der Waals surface area contributed by atoms with E-state index in [1.165, 1.54) is 6.07 Å². The largest absolute Gasteiger partial charge is 0.502 e. The average Bonchev–Trinajstić information content (AvgIpc) is 3.10. The molecule has 1 atom stereocenters. The highest BCUT2D eigenvalue weighted by Crippen LogP contribution is 2.43. The Kier molecular flexibility index (Phi) is 5.74. The molecule has 2 fully saturated rings. The van der Waals surface area contributed by atoms with Crippen molar-refractivity contribution in [3.63, 3.8) is 0 Å². The van der Waals surface area contributed by atoms with E-state index in [4.69, 9.17) is 9.15 Å². The van der Waals surface area contributed by atoms with Gasteiger partial charge < -0.3 is 19.6 Å². The summed E-state index contributed by atoms with van der Waals surface area (Å²) < 4.78 is 11.3. The molecule has 1 unspecified atom stereocenters. The fourth-order valence-electron chi connectivity index (χ4n) is 3.61. The Morgan fingerprint density at radius 3 is 2.88 bits per heavy atom. The van der Waals surface area contributed by atoms with Crippen LogP contribution in [0.2, 0.25) is 0 Å². The monoisotopic (exact) mass is 367 g/mol.